The first-order valence-corrected chi connectivity index (χ1v) is 12.1. The predicted octanol–water partition coefficient (Wildman–Crippen LogP) is 3.65. The lowest BCUT2D eigenvalue weighted by Gasteiger charge is -2.25. The number of methoxy groups -OCH3 is 1. The minimum Gasteiger partial charge on any atom is -0.497 e. The average molecular weight is 501 g/mol. The van der Waals surface area contributed by atoms with E-state index >= 15 is 0 Å². The lowest BCUT2D eigenvalue weighted by atomic mass is 10.0. The zero-order chi connectivity index (χ0) is 26.1. The molecule has 1 heterocycles. The number of aliphatic hydroxyl groups is 2. The summed E-state index contributed by atoms with van der Waals surface area (Å²) in [4.78, 5) is 12.9. The Morgan fingerprint density at radius 3 is 2.39 bits per heavy atom. The van der Waals surface area contributed by atoms with E-state index in [0.717, 1.165) is 11.3 Å². The SMILES string of the molecule is COc1ccc(CO[C@H](/C=C\C(OC(=O)c2ccccc2)[C@H]2OC(C)(C)O[C@H]2CCO)[C@H](C)O)cc1. The summed E-state index contributed by atoms with van der Waals surface area (Å²) < 4.78 is 29.0. The van der Waals surface area contributed by atoms with Gasteiger partial charge in [-0.1, -0.05) is 36.4 Å². The first-order valence-electron chi connectivity index (χ1n) is 12.1. The molecule has 0 bridgehead atoms. The number of hydrogen-bond acceptors (Lipinski definition) is 8. The minimum atomic E-state index is -0.912. The van der Waals surface area contributed by atoms with E-state index in [4.69, 9.17) is 23.7 Å². The quantitative estimate of drug-likeness (QED) is 0.336. The summed E-state index contributed by atoms with van der Waals surface area (Å²) in [6.07, 6.45) is 0.151. The van der Waals surface area contributed by atoms with Crippen LogP contribution in [0.1, 0.15) is 43.1 Å². The van der Waals surface area contributed by atoms with Crippen LogP contribution in [0.3, 0.4) is 0 Å². The molecule has 0 amide bonds. The van der Waals surface area contributed by atoms with Crippen LogP contribution in [0.4, 0.5) is 0 Å². The van der Waals surface area contributed by atoms with E-state index in [9.17, 15) is 15.0 Å². The zero-order valence-corrected chi connectivity index (χ0v) is 21.2. The molecule has 1 aliphatic rings. The van der Waals surface area contributed by atoms with E-state index < -0.39 is 42.3 Å². The molecule has 1 aliphatic heterocycles. The molecule has 0 radical (unpaired) electrons. The number of ether oxygens (including phenoxy) is 5. The second kappa shape index (κ2) is 13.0. The van der Waals surface area contributed by atoms with Gasteiger partial charge in [-0.05, 0) is 63.1 Å². The highest BCUT2D eigenvalue weighted by Gasteiger charge is 2.45. The third kappa shape index (κ3) is 7.88. The van der Waals surface area contributed by atoms with Crippen molar-refractivity contribution in [2.75, 3.05) is 13.7 Å². The topological polar surface area (TPSA) is 104 Å². The van der Waals surface area contributed by atoms with Gasteiger partial charge in [0.2, 0.25) is 0 Å². The zero-order valence-electron chi connectivity index (χ0n) is 21.2. The Bertz CT molecular complexity index is 971. The van der Waals surface area contributed by atoms with Crippen molar-refractivity contribution in [2.45, 2.75) is 70.1 Å². The maximum atomic E-state index is 12.9. The number of aliphatic hydroxyl groups excluding tert-OH is 2. The van der Waals surface area contributed by atoms with Gasteiger partial charge in [0.15, 0.2) is 5.79 Å². The summed E-state index contributed by atoms with van der Waals surface area (Å²) in [6.45, 7) is 5.33. The molecular formula is C28H36O8. The molecule has 0 aliphatic carbocycles. The van der Waals surface area contributed by atoms with Crippen LogP contribution in [0.2, 0.25) is 0 Å². The first kappa shape index (κ1) is 27.8. The van der Waals surface area contributed by atoms with Crippen LogP contribution in [-0.2, 0) is 25.6 Å². The Hall–Kier alpha value is -2.75. The molecule has 36 heavy (non-hydrogen) atoms. The predicted molar refractivity (Wildman–Crippen MR) is 134 cm³/mol. The van der Waals surface area contributed by atoms with E-state index in [1.54, 1.807) is 64.3 Å². The summed E-state index contributed by atoms with van der Waals surface area (Å²) in [7, 11) is 1.60. The standard InChI is InChI=1S/C28H36O8/c1-19(30)23(33-18-20-10-12-22(32-4)13-11-20)14-15-24(34-27(31)21-8-6-5-7-9-21)26-25(16-17-29)35-28(2,3)36-26/h5-15,19,23-26,29-30H,16-18H2,1-4H3/b15-14-/t19-,23+,24?,25-,26+/m0/s1. The molecule has 2 N–H and O–H groups in total. The molecule has 8 heteroatoms. The van der Waals surface area contributed by atoms with Gasteiger partial charge < -0.3 is 33.9 Å². The fraction of sp³-hybridized carbons (Fsp3) is 0.464. The van der Waals surface area contributed by atoms with E-state index in [1.165, 1.54) is 0 Å². The summed E-state index contributed by atoms with van der Waals surface area (Å²) in [5.74, 6) is -0.688. The Morgan fingerprint density at radius 2 is 1.78 bits per heavy atom. The van der Waals surface area contributed by atoms with Crippen molar-refractivity contribution in [2.24, 2.45) is 0 Å². The number of benzene rings is 2. The summed E-state index contributed by atoms with van der Waals surface area (Å²) in [5, 5.41) is 19.9. The van der Waals surface area contributed by atoms with Crippen molar-refractivity contribution < 1.29 is 38.7 Å². The molecule has 5 atom stereocenters. The van der Waals surface area contributed by atoms with Gasteiger partial charge in [-0.2, -0.15) is 0 Å². The highest BCUT2D eigenvalue weighted by molar-refractivity contribution is 5.89. The number of carbonyl (C=O) groups excluding carboxylic acids is 1. The maximum absolute atomic E-state index is 12.9. The molecule has 3 rings (SSSR count). The van der Waals surface area contributed by atoms with E-state index in [0.29, 0.717) is 12.0 Å². The highest BCUT2D eigenvalue weighted by atomic mass is 16.8. The number of rotatable bonds is 12. The molecule has 2 aromatic carbocycles. The van der Waals surface area contributed by atoms with Crippen LogP contribution in [-0.4, -0.2) is 66.2 Å². The summed E-state index contributed by atoms with van der Waals surface area (Å²) >= 11 is 0. The fourth-order valence-electron chi connectivity index (χ4n) is 3.96. The second-order valence-corrected chi connectivity index (χ2v) is 9.14. The molecule has 2 aromatic rings. The maximum Gasteiger partial charge on any atom is 0.338 e. The van der Waals surface area contributed by atoms with Gasteiger partial charge in [0, 0.05) is 6.61 Å². The lowest BCUT2D eigenvalue weighted by molar-refractivity contribution is -0.153. The van der Waals surface area contributed by atoms with Gasteiger partial charge in [-0.15, -0.1) is 0 Å². The molecule has 0 saturated carbocycles. The molecular weight excluding hydrogens is 464 g/mol. The van der Waals surface area contributed by atoms with Crippen LogP contribution >= 0.6 is 0 Å². The third-order valence-corrected chi connectivity index (χ3v) is 5.78. The fourth-order valence-corrected chi connectivity index (χ4v) is 3.96. The monoisotopic (exact) mass is 500 g/mol. The number of esters is 1. The lowest BCUT2D eigenvalue weighted by Crippen LogP contribution is -2.38. The summed E-state index contributed by atoms with van der Waals surface area (Å²) in [6, 6.07) is 16.1. The number of hydrogen-bond donors (Lipinski definition) is 2. The largest absolute Gasteiger partial charge is 0.497 e. The van der Waals surface area contributed by atoms with E-state index in [1.807, 2.05) is 30.3 Å². The molecule has 0 aromatic heterocycles. The molecule has 1 unspecified atom stereocenters. The Kier molecular flexibility index (Phi) is 10.0. The smallest absolute Gasteiger partial charge is 0.338 e. The van der Waals surface area contributed by atoms with Gasteiger partial charge in [0.25, 0.3) is 0 Å². The highest BCUT2D eigenvalue weighted by Crippen LogP contribution is 2.33. The van der Waals surface area contributed by atoms with Crippen molar-refractivity contribution in [3.8, 4) is 5.75 Å². The van der Waals surface area contributed by atoms with Crippen molar-refractivity contribution >= 4 is 5.97 Å². The van der Waals surface area contributed by atoms with E-state index in [2.05, 4.69) is 0 Å². The molecule has 0 spiro atoms. The molecule has 196 valence electrons. The van der Waals surface area contributed by atoms with Gasteiger partial charge in [0.1, 0.15) is 24.1 Å². The van der Waals surface area contributed by atoms with Gasteiger partial charge in [0.05, 0.1) is 31.5 Å². The molecule has 1 fully saturated rings. The first-order chi connectivity index (χ1) is 17.2. The molecule has 8 nitrogen and oxygen atoms in total. The summed E-state index contributed by atoms with van der Waals surface area (Å²) in [5.41, 5.74) is 1.31. The van der Waals surface area contributed by atoms with Crippen molar-refractivity contribution in [1.29, 1.82) is 0 Å². The van der Waals surface area contributed by atoms with E-state index in [-0.39, 0.29) is 13.2 Å². The Morgan fingerprint density at radius 1 is 1.08 bits per heavy atom. The van der Waals surface area contributed by atoms with Crippen LogP contribution in [0.25, 0.3) is 0 Å². The molecule has 1 saturated heterocycles. The van der Waals surface area contributed by atoms with Gasteiger partial charge in [-0.25, -0.2) is 4.79 Å². The average Bonchev–Trinajstić information content (AvgIpc) is 3.17. The van der Waals surface area contributed by atoms with Crippen molar-refractivity contribution in [3.63, 3.8) is 0 Å². The normalized spacial score (nSPS) is 21.7. The van der Waals surface area contributed by atoms with Crippen LogP contribution in [0, 0.1) is 0 Å². The van der Waals surface area contributed by atoms with Crippen molar-refractivity contribution in [1.82, 2.24) is 0 Å². The number of carbonyl (C=O) groups is 1. The Balaban J connectivity index is 1.79. The van der Waals surface area contributed by atoms with Gasteiger partial charge >= 0.3 is 5.97 Å². The van der Waals surface area contributed by atoms with Crippen LogP contribution < -0.4 is 4.74 Å². The third-order valence-electron chi connectivity index (χ3n) is 5.78. The van der Waals surface area contributed by atoms with Crippen LogP contribution in [0.15, 0.2) is 66.7 Å². The van der Waals surface area contributed by atoms with Crippen LogP contribution in [0.5, 0.6) is 5.75 Å². The minimum absolute atomic E-state index is 0.106. The second-order valence-electron chi connectivity index (χ2n) is 9.14. The van der Waals surface area contributed by atoms with Gasteiger partial charge in [-0.3, -0.25) is 0 Å². The Labute approximate surface area is 212 Å². The van der Waals surface area contributed by atoms with Crippen molar-refractivity contribution in [3.05, 3.63) is 77.9 Å².